The van der Waals surface area contributed by atoms with Gasteiger partial charge in [-0.05, 0) is 37.1 Å². The lowest BCUT2D eigenvalue weighted by Gasteiger charge is -2.15. The maximum Gasteiger partial charge on any atom is 0.433 e. The third-order valence-electron chi connectivity index (χ3n) is 5.35. The van der Waals surface area contributed by atoms with Gasteiger partial charge in [0.25, 0.3) is 5.91 Å². The predicted molar refractivity (Wildman–Crippen MR) is 121 cm³/mol. The molecule has 3 heterocycles. The molecule has 4 rings (SSSR count). The number of aryl methyl sites for hydroxylation is 1. The maximum atomic E-state index is 13.3. The Hall–Kier alpha value is -3.93. The van der Waals surface area contributed by atoms with Crippen molar-refractivity contribution in [3.05, 3.63) is 59.8 Å². The lowest BCUT2D eigenvalue weighted by atomic mass is 10.0. The number of benzene rings is 1. The van der Waals surface area contributed by atoms with Crippen molar-refractivity contribution in [3.8, 4) is 11.3 Å². The number of imidazole rings is 1. The third kappa shape index (κ3) is 4.44. The summed E-state index contributed by atoms with van der Waals surface area (Å²) in [6, 6.07) is 5.11. The number of H-pyrrole nitrogens is 1. The van der Waals surface area contributed by atoms with Crippen molar-refractivity contribution in [3.63, 3.8) is 0 Å². The molecule has 1 amide bonds. The molecule has 0 saturated carbocycles. The molecule has 1 unspecified atom stereocenters. The Kier molecular flexibility index (Phi) is 6.24. The average molecular weight is 472 g/mol. The number of hydrogen-bond acceptors (Lipinski definition) is 6. The quantitative estimate of drug-likeness (QED) is 0.326. The Morgan fingerprint density at radius 3 is 2.76 bits per heavy atom. The minimum absolute atomic E-state index is 0.118. The number of nitrogens with two attached hydrogens (primary N) is 1. The summed E-state index contributed by atoms with van der Waals surface area (Å²) in [5.41, 5.74) is 7.09. The van der Waals surface area contributed by atoms with Crippen molar-refractivity contribution in [1.82, 2.24) is 29.9 Å². The molecular weight excluding hydrogens is 449 g/mol. The van der Waals surface area contributed by atoms with Crippen LogP contribution < -0.4 is 16.4 Å². The first-order valence-electron chi connectivity index (χ1n) is 10.6. The van der Waals surface area contributed by atoms with Gasteiger partial charge in [-0.3, -0.25) is 14.3 Å². The lowest BCUT2D eigenvalue weighted by Crippen LogP contribution is -2.38. The highest BCUT2D eigenvalue weighted by Crippen LogP contribution is 2.36. The normalized spacial score (nSPS) is 12.6. The van der Waals surface area contributed by atoms with E-state index in [1.807, 2.05) is 25.0 Å². The Morgan fingerprint density at radius 1 is 1.26 bits per heavy atom. The van der Waals surface area contributed by atoms with Crippen molar-refractivity contribution in [1.29, 1.82) is 0 Å². The van der Waals surface area contributed by atoms with Crippen molar-refractivity contribution in [2.24, 2.45) is 5.73 Å². The highest BCUT2D eigenvalue weighted by atomic mass is 19.4. The number of nitrogens with zero attached hydrogens (tertiary/aromatic N) is 4. The predicted octanol–water partition coefficient (Wildman–Crippen LogP) is 3.52. The molecule has 0 aliphatic heterocycles. The van der Waals surface area contributed by atoms with Gasteiger partial charge in [0, 0.05) is 36.2 Å². The van der Waals surface area contributed by atoms with E-state index in [0.29, 0.717) is 35.7 Å². The van der Waals surface area contributed by atoms with Crippen molar-refractivity contribution >= 4 is 23.1 Å². The fourth-order valence-corrected chi connectivity index (χ4v) is 3.59. The number of hydrogen-bond donors (Lipinski definition) is 4. The van der Waals surface area contributed by atoms with E-state index in [2.05, 4.69) is 25.7 Å². The van der Waals surface area contributed by atoms with Crippen LogP contribution in [-0.4, -0.2) is 43.1 Å². The van der Waals surface area contributed by atoms with Crippen molar-refractivity contribution < 1.29 is 18.0 Å². The number of rotatable bonds is 7. The molecule has 9 nitrogen and oxygen atoms in total. The van der Waals surface area contributed by atoms with Crippen molar-refractivity contribution in [2.45, 2.75) is 32.5 Å². The second-order valence-corrected chi connectivity index (χ2v) is 7.73. The summed E-state index contributed by atoms with van der Waals surface area (Å²) in [7, 11) is 0. The topological polar surface area (TPSA) is 126 Å². The molecule has 3 aromatic heterocycles. The number of amides is 1. The van der Waals surface area contributed by atoms with Gasteiger partial charge in [-0.2, -0.15) is 18.3 Å². The van der Waals surface area contributed by atoms with Crippen LogP contribution >= 0.6 is 0 Å². The van der Waals surface area contributed by atoms with E-state index in [9.17, 15) is 18.0 Å². The second-order valence-electron chi connectivity index (χ2n) is 7.73. The number of halogens is 3. The number of aromatic amines is 1. The maximum absolute atomic E-state index is 13.3. The number of fused-ring (bicyclic) bond motifs is 1. The monoisotopic (exact) mass is 472 g/mol. The molecule has 0 saturated heterocycles. The zero-order chi connectivity index (χ0) is 24.5. The standard InChI is InChI=1S/C22H23F3N8O/c1-3-13-8-14(4-5-15(13)21(34)30-12(2)9-26)31-19-20-28-11-17(33(20)7-6-27-19)16-10-29-32-18(16)22(23,24)25/h4-8,10-12H,3,9,26H2,1-2H3,(H,27,31)(H,29,32)(H,30,34). The molecule has 0 spiro atoms. The van der Waals surface area contributed by atoms with E-state index >= 15 is 0 Å². The molecule has 0 aliphatic rings. The van der Waals surface area contributed by atoms with Crippen LogP contribution in [0.5, 0.6) is 0 Å². The van der Waals surface area contributed by atoms with E-state index in [1.54, 1.807) is 12.1 Å². The Balaban J connectivity index is 1.66. The molecule has 12 heteroatoms. The SMILES string of the molecule is CCc1cc(Nc2nccn3c(-c4cn[nH]c4C(F)(F)F)cnc23)ccc1C(=O)NC(C)CN. The van der Waals surface area contributed by atoms with Crippen LogP contribution in [0.4, 0.5) is 24.7 Å². The number of aromatic nitrogens is 5. The number of nitrogens with one attached hydrogen (secondary N) is 3. The summed E-state index contributed by atoms with van der Waals surface area (Å²) in [5.74, 6) is 0.141. The molecule has 1 atom stereocenters. The van der Waals surface area contributed by atoms with Gasteiger partial charge in [0.15, 0.2) is 11.5 Å². The largest absolute Gasteiger partial charge is 0.433 e. The molecular formula is C22H23F3N8O. The number of anilines is 2. The highest BCUT2D eigenvalue weighted by molar-refractivity contribution is 5.96. The van der Waals surface area contributed by atoms with Gasteiger partial charge in [-0.25, -0.2) is 9.97 Å². The fraction of sp³-hybridized carbons (Fsp3) is 0.273. The number of carbonyl (C=O) groups is 1. The van der Waals surface area contributed by atoms with Crippen LogP contribution in [0.25, 0.3) is 16.9 Å². The van der Waals surface area contributed by atoms with Crippen LogP contribution in [0, 0.1) is 0 Å². The summed E-state index contributed by atoms with van der Waals surface area (Å²) in [4.78, 5) is 21.1. The van der Waals surface area contributed by atoms with Gasteiger partial charge in [-0.15, -0.1) is 0 Å². The van der Waals surface area contributed by atoms with Crippen LogP contribution in [0.1, 0.15) is 35.5 Å². The average Bonchev–Trinajstić information content (AvgIpc) is 3.46. The minimum atomic E-state index is -4.59. The van der Waals surface area contributed by atoms with Gasteiger partial charge in [0.2, 0.25) is 0 Å². The molecule has 0 bridgehead atoms. The summed E-state index contributed by atoms with van der Waals surface area (Å²) < 4.78 is 41.5. The van der Waals surface area contributed by atoms with Crippen molar-refractivity contribution in [2.75, 3.05) is 11.9 Å². The number of alkyl halides is 3. The van der Waals surface area contributed by atoms with Gasteiger partial charge in [0.1, 0.15) is 5.69 Å². The molecule has 0 fully saturated rings. The second kappa shape index (κ2) is 9.14. The van der Waals surface area contributed by atoms with E-state index in [4.69, 9.17) is 5.73 Å². The van der Waals surface area contributed by atoms with E-state index < -0.39 is 11.9 Å². The fourth-order valence-electron chi connectivity index (χ4n) is 3.59. The Morgan fingerprint density at radius 2 is 2.06 bits per heavy atom. The first-order chi connectivity index (χ1) is 16.2. The molecule has 178 valence electrons. The van der Waals surface area contributed by atoms with Gasteiger partial charge in [0.05, 0.1) is 23.7 Å². The molecule has 1 aromatic carbocycles. The van der Waals surface area contributed by atoms with Crippen LogP contribution in [0.2, 0.25) is 0 Å². The molecule has 0 radical (unpaired) electrons. The van der Waals surface area contributed by atoms with E-state index in [1.165, 1.54) is 23.0 Å². The van der Waals surface area contributed by atoms with Crippen LogP contribution in [0.3, 0.4) is 0 Å². The molecule has 34 heavy (non-hydrogen) atoms. The Labute approximate surface area is 192 Å². The summed E-state index contributed by atoms with van der Waals surface area (Å²) in [6.07, 6.45) is 1.47. The van der Waals surface area contributed by atoms with Crippen LogP contribution in [0.15, 0.2) is 43.0 Å². The Bertz CT molecular complexity index is 1330. The lowest BCUT2D eigenvalue weighted by molar-refractivity contribution is -0.140. The van der Waals surface area contributed by atoms with Gasteiger partial charge in [-0.1, -0.05) is 6.92 Å². The zero-order valence-corrected chi connectivity index (χ0v) is 18.4. The first-order valence-corrected chi connectivity index (χ1v) is 10.6. The van der Waals surface area contributed by atoms with E-state index in [-0.39, 0.29) is 23.2 Å². The smallest absolute Gasteiger partial charge is 0.348 e. The number of carbonyl (C=O) groups excluding carboxylic acids is 1. The molecule has 0 aliphatic carbocycles. The van der Waals surface area contributed by atoms with Gasteiger partial charge >= 0.3 is 6.18 Å². The van der Waals surface area contributed by atoms with Gasteiger partial charge < -0.3 is 16.4 Å². The van der Waals surface area contributed by atoms with Crippen LogP contribution in [-0.2, 0) is 12.6 Å². The summed E-state index contributed by atoms with van der Waals surface area (Å²) in [5, 5.41) is 11.6. The highest BCUT2D eigenvalue weighted by Gasteiger charge is 2.36. The minimum Gasteiger partial charge on any atom is -0.348 e. The van der Waals surface area contributed by atoms with E-state index in [0.717, 1.165) is 11.8 Å². The first kappa shape index (κ1) is 23.2. The third-order valence-corrected chi connectivity index (χ3v) is 5.35. The molecule has 5 N–H and O–H groups in total. The zero-order valence-electron chi connectivity index (χ0n) is 18.4. The molecule has 4 aromatic rings. The summed E-state index contributed by atoms with van der Waals surface area (Å²) >= 11 is 0. The summed E-state index contributed by atoms with van der Waals surface area (Å²) in [6.45, 7) is 4.09.